The fourth-order valence-corrected chi connectivity index (χ4v) is 2.95. The van der Waals surface area contributed by atoms with Gasteiger partial charge in [-0.1, -0.05) is 36.8 Å². The fourth-order valence-electron chi connectivity index (χ4n) is 2.95. The first kappa shape index (κ1) is 25.0. The van der Waals surface area contributed by atoms with Crippen molar-refractivity contribution in [1.29, 1.82) is 0 Å². The molecule has 29 heavy (non-hydrogen) atoms. The first-order valence-electron chi connectivity index (χ1n) is 9.93. The van der Waals surface area contributed by atoms with Gasteiger partial charge in [-0.25, -0.2) is 4.79 Å². The lowest BCUT2D eigenvalue weighted by molar-refractivity contribution is -0.167. The average Bonchev–Trinajstić information content (AvgIpc) is 2.67. The monoisotopic (exact) mass is 406 g/mol. The van der Waals surface area contributed by atoms with E-state index in [1.165, 1.54) is 6.92 Å². The molecule has 0 aliphatic carbocycles. The number of ether oxygens (including phenoxy) is 1. The van der Waals surface area contributed by atoms with E-state index >= 15 is 0 Å². The quantitative estimate of drug-likeness (QED) is 0.235. The lowest BCUT2D eigenvalue weighted by Crippen LogP contribution is -2.48. The summed E-state index contributed by atoms with van der Waals surface area (Å²) in [4.78, 5) is 23.8. The van der Waals surface area contributed by atoms with Gasteiger partial charge in [-0.3, -0.25) is 4.79 Å². The van der Waals surface area contributed by atoms with E-state index < -0.39 is 29.6 Å². The van der Waals surface area contributed by atoms with Crippen molar-refractivity contribution in [1.82, 2.24) is 0 Å². The Morgan fingerprint density at radius 3 is 2.45 bits per heavy atom. The van der Waals surface area contributed by atoms with Crippen molar-refractivity contribution in [2.45, 2.75) is 78.6 Å². The van der Waals surface area contributed by atoms with Crippen molar-refractivity contribution >= 4 is 11.8 Å². The maximum absolute atomic E-state index is 12.1. The van der Waals surface area contributed by atoms with Crippen molar-refractivity contribution in [2.75, 3.05) is 0 Å². The molecule has 4 unspecified atom stereocenters. The van der Waals surface area contributed by atoms with Gasteiger partial charge in [0.25, 0.3) is 0 Å². The van der Waals surface area contributed by atoms with Gasteiger partial charge in [0.05, 0.1) is 12.2 Å². The molecule has 0 fully saturated rings. The Balaban J connectivity index is 2.60. The predicted octanol–water partition coefficient (Wildman–Crippen LogP) is 3.13. The lowest BCUT2D eigenvalue weighted by Gasteiger charge is -2.28. The Kier molecular flexibility index (Phi) is 9.20. The zero-order valence-corrected chi connectivity index (χ0v) is 18.2. The molecule has 6 heteroatoms. The minimum atomic E-state index is -2.17. The minimum Gasteiger partial charge on any atom is -0.428 e. The Hall–Kier alpha value is -2.02. The van der Waals surface area contributed by atoms with Crippen molar-refractivity contribution in [3.8, 4) is 0 Å². The van der Waals surface area contributed by atoms with Crippen LogP contribution in [0.2, 0.25) is 0 Å². The highest BCUT2D eigenvalue weighted by molar-refractivity contribution is 6.16. The van der Waals surface area contributed by atoms with Crippen molar-refractivity contribution in [2.24, 2.45) is 5.92 Å². The third-order valence-electron chi connectivity index (χ3n) is 5.32. The lowest BCUT2D eigenvalue weighted by atomic mass is 9.91. The van der Waals surface area contributed by atoms with Gasteiger partial charge in [0.2, 0.25) is 11.4 Å². The van der Waals surface area contributed by atoms with Gasteiger partial charge in [-0.2, -0.15) is 0 Å². The third kappa shape index (κ3) is 6.77. The number of carbonyl (C=O) groups is 2. The molecule has 0 bridgehead atoms. The number of rotatable bonds is 9. The number of allylic oxidation sites excluding steroid dienone is 4. The number of aliphatic hydroxyl groups is 3. The summed E-state index contributed by atoms with van der Waals surface area (Å²) in [6, 6.07) is 0. The Bertz CT molecular complexity index is 738. The molecule has 1 aliphatic heterocycles. The summed E-state index contributed by atoms with van der Waals surface area (Å²) < 4.78 is 5.06. The maximum Gasteiger partial charge on any atom is 0.351 e. The highest BCUT2D eigenvalue weighted by atomic mass is 16.6. The summed E-state index contributed by atoms with van der Waals surface area (Å²) in [5.74, 6) is -1.60. The normalized spacial score (nSPS) is 24.7. The number of cyclic esters (lactones) is 1. The van der Waals surface area contributed by atoms with Gasteiger partial charge in [-0.05, 0) is 53.0 Å². The second-order valence-corrected chi connectivity index (χ2v) is 7.97. The molecule has 3 N–H and O–H groups in total. The van der Waals surface area contributed by atoms with Gasteiger partial charge in [0, 0.05) is 17.9 Å². The summed E-state index contributed by atoms with van der Waals surface area (Å²) in [7, 11) is 0. The fraction of sp³-hybridized carbons (Fsp3) is 0.565. The van der Waals surface area contributed by atoms with Crippen LogP contribution in [-0.2, 0) is 14.3 Å². The molecule has 0 radical (unpaired) electrons. The first-order chi connectivity index (χ1) is 13.4. The largest absolute Gasteiger partial charge is 0.428 e. The van der Waals surface area contributed by atoms with Crippen LogP contribution in [0.3, 0.4) is 0 Å². The number of Topliss-reactive ketones (excluding diaryl/α,β-unsaturated/α-hetero) is 1. The summed E-state index contributed by atoms with van der Waals surface area (Å²) in [6.45, 7) is 10.3. The van der Waals surface area contributed by atoms with Crippen LogP contribution in [0, 0.1) is 5.92 Å². The van der Waals surface area contributed by atoms with E-state index in [9.17, 15) is 24.9 Å². The molecule has 1 heterocycles. The third-order valence-corrected chi connectivity index (χ3v) is 5.32. The van der Waals surface area contributed by atoms with Crippen molar-refractivity contribution < 1.29 is 29.6 Å². The number of hydrogen-bond donors (Lipinski definition) is 3. The van der Waals surface area contributed by atoms with Crippen LogP contribution in [-0.4, -0.2) is 44.9 Å². The SMILES string of the molecule is C/C=C(\C)C(O)C(C)/C=C/C=C(\C)CCC(O)CC1=C(C)C(=O)C(C)(O)C(=O)O1. The molecular weight excluding hydrogens is 372 g/mol. The molecule has 1 rings (SSSR count). The molecule has 1 aliphatic rings. The summed E-state index contributed by atoms with van der Waals surface area (Å²) in [6.07, 6.45) is 7.47. The van der Waals surface area contributed by atoms with E-state index in [1.54, 1.807) is 0 Å². The summed E-state index contributed by atoms with van der Waals surface area (Å²) in [5.41, 5.74) is -0.0257. The van der Waals surface area contributed by atoms with Gasteiger partial charge in [0.15, 0.2) is 0 Å². The molecule has 0 amide bonds. The molecule has 0 aromatic heterocycles. The minimum absolute atomic E-state index is 0.00788. The molecule has 0 saturated heterocycles. The highest BCUT2D eigenvalue weighted by Gasteiger charge is 2.46. The molecule has 4 atom stereocenters. The van der Waals surface area contributed by atoms with Crippen LogP contribution in [0.5, 0.6) is 0 Å². The van der Waals surface area contributed by atoms with Gasteiger partial charge >= 0.3 is 5.97 Å². The van der Waals surface area contributed by atoms with E-state index in [0.29, 0.717) is 12.8 Å². The zero-order valence-electron chi connectivity index (χ0n) is 18.2. The first-order valence-corrected chi connectivity index (χ1v) is 9.93. The van der Waals surface area contributed by atoms with Crippen LogP contribution in [0.1, 0.15) is 60.8 Å². The molecule has 0 aromatic carbocycles. The Labute approximate surface area is 173 Å². The molecule has 0 aromatic rings. The van der Waals surface area contributed by atoms with E-state index in [2.05, 4.69) is 0 Å². The smallest absolute Gasteiger partial charge is 0.351 e. The Morgan fingerprint density at radius 1 is 1.24 bits per heavy atom. The van der Waals surface area contributed by atoms with Crippen LogP contribution in [0.25, 0.3) is 0 Å². The number of aliphatic hydroxyl groups excluding tert-OH is 2. The number of carbonyl (C=O) groups excluding carboxylic acids is 2. The van der Waals surface area contributed by atoms with Crippen LogP contribution < -0.4 is 0 Å². The number of hydrogen-bond acceptors (Lipinski definition) is 6. The van der Waals surface area contributed by atoms with Crippen molar-refractivity contribution in [3.05, 3.63) is 46.8 Å². The second-order valence-electron chi connectivity index (χ2n) is 7.97. The average molecular weight is 407 g/mol. The van der Waals surface area contributed by atoms with E-state index in [4.69, 9.17) is 4.74 Å². The molecule has 0 spiro atoms. The van der Waals surface area contributed by atoms with E-state index in [0.717, 1.165) is 18.1 Å². The zero-order chi connectivity index (χ0) is 22.4. The van der Waals surface area contributed by atoms with Crippen LogP contribution in [0.15, 0.2) is 46.8 Å². The summed E-state index contributed by atoms with van der Waals surface area (Å²) in [5, 5.41) is 30.2. The van der Waals surface area contributed by atoms with Gasteiger partial charge < -0.3 is 20.1 Å². The summed E-state index contributed by atoms with van der Waals surface area (Å²) >= 11 is 0. The van der Waals surface area contributed by atoms with Crippen LogP contribution in [0.4, 0.5) is 0 Å². The number of ketones is 1. The van der Waals surface area contributed by atoms with Crippen LogP contribution >= 0.6 is 0 Å². The Morgan fingerprint density at radius 2 is 1.86 bits per heavy atom. The molecule has 0 saturated carbocycles. The van der Waals surface area contributed by atoms with Crippen molar-refractivity contribution in [3.63, 3.8) is 0 Å². The van der Waals surface area contributed by atoms with E-state index in [1.807, 2.05) is 52.0 Å². The predicted molar refractivity (Wildman–Crippen MR) is 112 cm³/mol. The standard InChI is InChI=1S/C23H34O6/c1-7-15(3)20(25)16(4)10-8-9-14(2)11-12-18(24)13-19-17(5)21(26)23(6,28)22(27)29-19/h7-10,16,18,20,24-25,28H,11-13H2,1-6H3/b10-8+,14-9+,15-7+. The van der Waals surface area contributed by atoms with E-state index in [-0.39, 0.29) is 23.7 Å². The molecule has 162 valence electrons. The van der Waals surface area contributed by atoms with Gasteiger partial charge in [-0.15, -0.1) is 0 Å². The number of esters is 1. The topological polar surface area (TPSA) is 104 Å². The maximum atomic E-state index is 12.1. The molecule has 6 nitrogen and oxygen atoms in total. The highest BCUT2D eigenvalue weighted by Crippen LogP contribution is 2.28. The molecular formula is C23H34O6. The second kappa shape index (κ2) is 10.7. The van der Waals surface area contributed by atoms with Gasteiger partial charge in [0.1, 0.15) is 5.76 Å².